The quantitative estimate of drug-likeness (QED) is 0.855. The van der Waals surface area contributed by atoms with Crippen LogP contribution in [-0.2, 0) is 7.05 Å². The molecule has 1 aromatic heterocycles. The first kappa shape index (κ1) is 13.4. The molecule has 2 bridgehead atoms. The van der Waals surface area contributed by atoms with Crippen molar-refractivity contribution in [2.45, 2.75) is 37.8 Å². The first-order chi connectivity index (χ1) is 9.63. The summed E-state index contributed by atoms with van der Waals surface area (Å²) < 4.78 is 6.52. The molecule has 0 saturated carbocycles. The Balaban J connectivity index is 1.81. The lowest BCUT2D eigenvalue weighted by atomic mass is 9.91. The first-order valence-corrected chi connectivity index (χ1v) is 7.02. The van der Waals surface area contributed by atoms with Gasteiger partial charge in [0.1, 0.15) is 0 Å². The minimum Gasteiger partial charge on any atom is -0.467 e. The van der Waals surface area contributed by atoms with E-state index in [0.717, 1.165) is 25.7 Å². The second-order valence-electron chi connectivity index (χ2n) is 5.66. The van der Waals surface area contributed by atoms with Gasteiger partial charge in [-0.05, 0) is 31.6 Å². The molecule has 20 heavy (non-hydrogen) atoms. The molecule has 2 fully saturated rings. The van der Waals surface area contributed by atoms with Crippen molar-refractivity contribution in [2.75, 3.05) is 13.7 Å². The number of fused-ring (bicyclic) bond motifs is 2. The number of nitrogens with zero attached hydrogens (tertiary/aromatic N) is 4. The fourth-order valence-corrected chi connectivity index (χ4v) is 3.52. The number of aliphatic hydroxyl groups excluding tert-OH is 1. The highest BCUT2D eigenvalue weighted by Crippen LogP contribution is 2.39. The van der Waals surface area contributed by atoms with Crippen molar-refractivity contribution in [3.05, 3.63) is 5.82 Å². The van der Waals surface area contributed by atoms with Gasteiger partial charge in [-0.2, -0.15) is 4.98 Å². The zero-order valence-corrected chi connectivity index (χ0v) is 11.8. The molecule has 0 aliphatic carbocycles. The lowest BCUT2D eigenvalue weighted by molar-refractivity contribution is 0.0441. The molecule has 7 nitrogen and oxygen atoms in total. The number of methoxy groups -OCH3 is 1. The average Bonchev–Trinajstić information content (AvgIpc) is 2.95. The second-order valence-corrected chi connectivity index (χ2v) is 5.66. The number of aryl methyl sites for hydroxylation is 1. The Labute approximate surface area is 117 Å². The van der Waals surface area contributed by atoms with Gasteiger partial charge in [0, 0.05) is 25.7 Å². The molecule has 1 N–H and O–H groups in total. The van der Waals surface area contributed by atoms with Gasteiger partial charge in [-0.3, -0.25) is 4.79 Å². The van der Waals surface area contributed by atoms with Crippen LogP contribution in [0.1, 0.15) is 36.3 Å². The molecule has 3 heterocycles. The van der Waals surface area contributed by atoms with Crippen LogP contribution in [0.4, 0.5) is 0 Å². The van der Waals surface area contributed by atoms with E-state index >= 15 is 0 Å². The number of carbonyl (C=O) groups excluding carboxylic acids is 1. The van der Waals surface area contributed by atoms with Crippen molar-refractivity contribution >= 4 is 5.91 Å². The molecule has 0 radical (unpaired) electrons. The summed E-state index contributed by atoms with van der Waals surface area (Å²) in [4.78, 5) is 18.7. The summed E-state index contributed by atoms with van der Waals surface area (Å²) in [5.74, 6) is 0.402. The largest absolute Gasteiger partial charge is 0.467 e. The number of rotatable bonds is 3. The predicted molar refractivity (Wildman–Crippen MR) is 70.3 cm³/mol. The van der Waals surface area contributed by atoms with Crippen LogP contribution in [0.15, 0.2) is 0 Å². The molecule has 7 heteroatoms. The molecule has 1 amide bonds. The molecule has 0 spiro atoms. The molecular weight excluding hydrogens is 260 g/mol. The van der Waals surface area contributed by atoms with Crippen LogP contribution in [0.3, 0.4) is 0 Å². The summed E-state index contributed by atoms with van der Waals surface area (Å²) in [6, 6.07) is 0.771. The van der Waals surface area contributed by atoms with Gasteiger partial charge in [-0.25, -0.2) is 4.68 Å². The van der Waals surface area contributed by atoms with E-state index in [4.69, 9.17) is 4.74 Å². The van der Waals surface area contributed by atoms with Crippen molar-refractivity contribution in [1.82, 2.24) is 19.7 Å². The lowest BCUT2D eigenvalue weighted by Crippen LogP contribution is -2.47. The Morgan fingerprint density at radius 2 is 2.05 bits per heavy atom. The number of piperidine rings is 1. The summed E-state index contributed by atoms with van der Waals surface area (Å²) in [6.07, 6.45) is 3.78. The van der Waals surface area contributed by atoms with Crippen LogP contribution in [0, 0.1) is 5.92 Å². The van der Waals surface area contributed by atoms with E-state index in [-0.39, 0.29) is 30.4 Å². The van der Waals surface area contributed by atoms with E-state index < -0.39 is 0 Å². The van der Waals surface area contributed by atoms with Crippen molar-refractivity contribution in [3.8, 4) is 6.01 Å². The summed E-state index contributed by atoms with van der Waals surface area (Å²) in [6.45, 7) is 0.213. The molecule has 1 aromatic rings. The van der Waals surface area contributed by atoms with E-state index in [0.29, 0.717) is 11.9 Å². The first-order valence-electron chi connectivity index (χ1n) is 7.02. The van der Waals surface area contributed by atoms with Gasteiger partial charge in [0.2, 0.25) is 5.82 Å². The van der Waals surface area contributed by atoms with E-state index in [2.05, 4.69) is 10.1 Å². The molecule has 0 aromatic carbocycles. The number of aliphatic hydroxyl groups is 1. The third-order valence-corrected chi connectivity index (χ3v) is 4.42. The second kappa shape index (κ2) is 5.05. The normalized spacial score (nSPS) is 28.8. The van der Waals surface area contributed by atoms with Gasteiger partial charge < -0.3 is 14.7 Å². The molecule has 2 aliphatic rings. The van der Waals surface area contributed by atoms with Crippen LogP contribution in [0.25, 0.3) is 0 Å². The monoisotopic (exact) mass is 280 g/mol. The highest BCUT2D eigenvalue weighted by Gasteiger charge is 2.44. The smallest absolute Gasteiger partial charge is 0.314 e. The molecule has 2 saturated heterocycles. The van der Waals surface area contributed by atoms with Gasteiger partial charge in [0.05, 0.1) is 7.11 Å². The van der Waals surface area contributed by atoms with Gasteiger partial charge in [0.15, 0.2) is 0 Å². The molecule has 3 rings (SSSR count). The Kier molecular flexibility index (Phi) is 3.37. The Bertz CT molecular complexity index is 502. The highest BCUT2D eigenvalue weighted by atomic mass is 16.5. The number of hydrogen-bond donors (Lipinski definition) is 1. The van der Waals surface area contributed by atoms with Crippen molar-refractivity contribution in [1.29, 1.82) is 0 Å². The van der Waals surface area contributed by atoms with E-state index in [9.17, 15) is 9.90 Å². The molecular formula is C13H20N4O3. The zero-order chi connectivity index (χ0) is 14.3. The van der Waals surface area contributed by atoms with Crippen LogP contribution >= 0.6 is 0 Å². The van der Waals surface area contributed by atoms with Gasteiger partial charge in [-0.1, -0.05) is 0 Å². The maximum Gasteiger partial charge on any atom is 0.314 e. The lowest BCUT2D eigenvalue weighted by Gasteiger charge is -2.37. The fraction of sp³-hybridized carbons (Fsp3) is 0.769. The Hall–Kier alpha value is -1.63. The molecule has 110 valence electrons. The number of amides is 1. The van der Waals surface area contributed by atoms with Crippen molar-refractivity contribution in [2.24, 2.45) is 13.0 Å². The fourth-order valence-electron chi connectivity index (χ4n) is 3.52. The SMILES string of the molecule is COc1nc(C(=O)N2[C@@H]3CC[C@H]2CC(CO)C3)nn1C. The Morgan fingerprint density at radius 3 is 2.55 bits per heavy atom. The molecule has 3 atom stereocenters. The van der Waals surface area contributed by atoms with Gasteiger partial charge in [-0.15, -0.1) is 5.10 Å². The predicted octanol–water partition coefficient (Wildman–Crippen LogP) is 0.199. The number of aromatic nitrogens is 3. The zero-order valence-electron chi connectivity index (χ0n) is 11.8. The number of hydrogen-bond acceptors (Lipinski definition) is 5. The van der Waals surface area contributed by atoms with Crippen LogP contribution in [0.2, 0.25) is 0 Å². The van der Waals surface area contributed by atoms with Crippen LogP contribution in [0.5, 0.6) is 6.01 Å². The summed E-state index contributed by atoms with van der Waals surface area (Å²) >= 11 is 0. The van der Waals surface area contributed by atoms with Crippen molar-refractivity contribution < 1.29 is 14.6 Å². The minimum atomic E-state index is -0.118. The maximum absolute atomic E-state index is 12.6. The van der Waals surface area contributed by atoms with Gasteiger partial charge >= 0.3 is 6.01 Å². The standard InChI is InChI=1S/C13H20N4O3/c1-16-13(20-2)14-11(15-16)12(19)17-9-3-4-10(17)6-8(5-9)7-18/h8-10,18H,3-7H2,1-2H3/t8?,9-,10+. The Morgan fingerprint density at radius 1 is 1.40 bits per heavy atom. The van der Waals surface area contributed by atoms with E-state index in [1.807, 2.05) is 4.90 Å². The maximum atomic E-state index is 12.6. The topological polar surface area (TPSA) is 80.5 Å². The third-order valence-electron chi connectivity index (χ3n) is 4.42. The number of carbonyl (C=O) groups is 1. The molecule has 1 unspecified atom stereocenters. The number of ether oxygens (including phenoxy) is 1. The van der Waals surface area contributed by atoms with Crippen LogP contribution in [-0.4, -0.2) is 56.5 Å². The van der Waals surface area contributed by atoms with Crippen molar-refractivity contribution in [3.63, 3.8) is 0 Å². The summed E-state index contributed by atoms with van der Waals surface area (Å²) in [7, 11) is 3.21. The highest BCUT2D eigenvalue weighted by molar-refractivity contribution is 5.91. The van der Waals surface area contributed by atoms with Gasteiger partial charge in [0.25, 0.3) is 5.91 Å². The summed E-state index contributed by atoms with van der Waals surface area (Å²) in [5, 5.41) is 13.5. The van der Waals surface area contributed by atoms with E-state index in [1.54, 1.807) is 7.05 Å². The average molecular weight is 280 g/mol. The minimum absolute atomic E-state index is 0.118. The summed E-state index contributed by atoms with van der Waals surface area (Å²) in [5.41, 5.74) is 0. The van der Waals surface area contributed by atoms with Crippen LogP contribution < -0.4 is 4.74 Å². The molecule has 2 aliphatic heterocycles. The third kappa shape index (κ3) is 2.06. The van der Waals surface area contributed by atoms with E-state index in [1.165, 1.54) is 11.8 Å².